The van der Waals surface area contributed by atoms with Crippen molar-refractivity contribution in [1.82, 2.24) is 25.0 Å². The number of ether oxygens (including phenoxy) is 1. The summed E-state index contributed by atoms with van der Waals surface area (Å²) in [4.78, 5) is 35.0. The van der Waals surface area contributed by atoms with E-state index in [0.29, 0.717) is 28.6 Å². The Kier molecular flexibility index (Phi) is 5.91. The molecule has 5 rings (SSSR count). The van der Waals surface area contributed by atoms with Gasteiger partial charge in [-0.25, -0.2) is 9.97 Å². The molecule has 0 aliphatic heterocycles. The molecule has 2 atom stereocenters. The zero-order valence-electron chi connectivity index (χ0n) is 19.5. The van der Waals surface area contributed by atoms with Gasteiger partial charge in [0.05, 0.1) is 17.8 Å². The molecule has 0 radical (unpaired) electrons. The fraction of sp³-hybridized carbons (Fsp3) is 0.292. The van der Waals surface area contributed by atoms with Gasteiger partial charge in [-0.1, -0.05) is 11.2 Å². The van der Waals surface area contributed by atoms with Gasteiger partial charge in [-0.15, -0.1) is 0 Å². The lowest BCUT2D eigenvalue weighted by atomic mass is 9.89. The number of aryl methyl sites for hydroxylation is 1. The molecule has 1 fully saturated rings. The smallest absolute Gasteiger partial charge is 0.279 e. The number of amides is 1. The molecule has 0 saturated heterocycles. The number of carbonyl (C=O) groups is 1. The Morgan fingerprint density at radius 1 is 1.23 bits per heavy atom. The van der Waals surface area contributed by atoms with E-state index in [1.165, 1.54) is 4.57 Å². The lowest BCUT2D eigenvalue weighted by Crippen LogP contribution is -2.51. The van der Waals surface area contributed by atoms with Crippen LogP contribution in [-0.4, -0.2) is 51.9 Å². The molecule has 180 valence electrons. The van der Waals surface area contributed by atoms with Gasteiger partial charge < -0.3 is 25.2 Å². The molecule has 11 heteroatoms. The summed E-state index contributed by atoms with van der Waals surface area (Å²) in [6.07, 6.45) is 5.01. The van der Waals surface area contributed by atoms with Gasteiger partial charge in [0.25, 0.3) is 11.5 Å². The second-order valence-electron chi connectivity index (χ2n) is 8.31. The van der Waals surface area contributed by atoms with Gasteiger partial charge in [0, 0.05) is 32.6 Å². The molecule has 0 unspecified atom stereocenters. The molecule has 1 saturated carbocycles. The molecule has 0 bridgehead atoms. The number of fused-ring (bicyclic) bond motifs is 1. The fourth-order valence-corrected chi connectivity index (χ4v) is 4.10. The van der Waals surface area contributed by atoms with E-state index in [1.807, 2.05) is 19.1 Å². The highest BCUT2D eigenvalue weighted by atomic mass is 16.5. The van der Waals surface area contributed by atoms with Gasteiger partial charge in [0.1, 0.15) is 22.8 Å². The standard InChI is InChI=1S/C24H25N7O4/c1-13-6-4-10-26-22(13)31-11-5-7-15(24(31)33)27-18-12-16(25-2)21-19(29-18)20(30-35-21)23(32)28-14-8-9-17(14)34-3/h4-7,10-12,14,17H,8-9H2,1-3H3,(H,28,32)(H2,25,27,29)/t14-,17-/m1/s1. The minimum absolute atomic E-state index is 0.0156. The van der Waals surface area contributed by atoms with Gasteiger partial charge in [0.2, 0.25) is 5.58 Å². The second kappa shape index (κ2) is 9.18. The summed E-state index contributed by atoms with van der Waals surface area (Å²) in [6, 6.07) is 8.72. The molecule has 1 amide bonds. The summed E-state index contributed by atoms with van der Waals surface area (Å²) in [5, 5.41) is 13.0. The molecule has 1 aliphatic carbocycles. The van der Waals surface area contributed by atoms with Crippen LogP contribution in [0, 0.1) is 6.92 Å². The molecular weight excluding hydrogens is 450 g/mol. The van der Waals surface area contributed by atoms with Crippen LogP contribution in [0.4, 0.5) is 17.2 Å². The molecule has 0 aromatic carbocycles. The van der Waals surface area contributed by atoms with Crippen molar-refractivity contribution in [3.63, 3.8) is 0 Å². The average molecular weight is 476 g/mol. The molecule has 4 aromatic rings. The SMILES string of the molecule is CNc1cc(Nc2cccn(-c3ncccc3C)c2=O)nc2c(C(=O)N[C@@H]3CC[C@H]3OC)noc12. The number of hydrogen-bond donors (Lipinski definition) is 3. The highest BCUT2D eigenvalue weighted by Crippen LogP contribution is 2.29. The van der Waals surface area contributed by atoms with E-state index in [9.17, 15) is 9.59 Å². The maximum atomic E-state index is 13.2. The molecular formula is C24H25N7O4. The van der Waals surface area contributed by atoms with Gasteiger partial charge >= 0.3 is 0 Å². The first-order valence-electron chi connectivity index (χ1n) is 11.2. The van der Waals surface area contributed by atoms with E-state index in [2.05, 4.69) is 31.1 Å². The number of hydrogen-bond acceptors (Lipinski definition) is 9. The average Bonchev–Trinajstić information content (AvgIpc) is 3.27. The van der Waals surface area contributed by atoms with E-state index in [4.69, 9.17) is 9.26 Å². The predicted molar refractivity (Wildman–Crippen MR) is 130 cm³/mol. The molecule has 4 aromatic heterocycles. The van der Waals surface area contributed by atoms with Crippen LogP contribution < -0.4 is 21.5 Å². The highest BCUT2D eigenvalue weighted by Gasteiger charge is 2.33. The maximum absolute atomic E-state index is 13.2. The van der Waals surface area contributed by atoms with Crippen LogP contribution >= 0.6 is 0 Å². The fourth-order valence-electron chi connectivity index (χ4n) is 4.10. The first-order valence-corrected chi connectivity index (χ1v) is 11.2. The van der Waals surface area contributed by atoms with Crippen LogP contribution in [-0.2, 0) is 4.74 Å². The van der Waals surface area contributed by atoms with E-state index in [-0.39, 0.29) is 28.9 Å². The molecule has 4 heterocycles. The number of nitrogens with one attached hydrogen (secondary N) is 3. The number of aromatic nitrogens is 4. The third kappa shape index (κ3) is 4.10. The molecule has 0 spiro atoms. The highest BCUT2D eigenvalue weighted by molar-refractivity contribution is 6.05. The zero-order chi connectivity index (χ0) is 24.5. The molecule has 3 N–H and O–H groups in total. The van der Waals surface area contributed by atoms with Crippen molar-refractivity contribution in [3.05, 3.63) is 64.3 Å². The summed E-state index contributed by atoms with van der Waals surface area (Å²) >= 11 is 0. The van der Waals surface area contributed by atoms with Crippen LogP contribution in [0.5, 0.6) is 0 Å². The summed E-state index contributed by atoms with van der Waals surface area (Å²) in [5.74, 6) is 0.504. The zero-order valence-corrected chi connectivity index (χ0v) is 19.5. The maximum Gasteiger partial charge on any atom is 0.279 e. The van der Waals surface area contributed by atoms with Crippen molar-refractivity contribution in [2.45, 2.75) is 31.9 Å². The normalized spacial score (nSPS) is 17.1. The number of anilines is 3. The Labute approximate surface area is 200 Å². The lowest BCUT2D eigenvalue weighted by molar-refractivity contribution is 0.00718. The predicted octanol–water partition coefficient (Wildman–Crippen LogP) is 2.77. The molecule has 11 nitrogen and oxygen atoms in total. The van der Waals surface area contributed by atoms with Crippen molar-refractivity contribution in [2.24, 2.45) is 0 Å². The van der Waals surface area contributed by atoms with Gasteiger partial charge in [-0.2, -0.15) is 0 Å². The lowest BCUT2D eigenvalue weighted by Gasteiger charge is -2.35. The van der Waals surface area contributed by atoms with Crippen molar-refractivity contribution in [2.75, 3.05) is 24.8 Å². The van der Waals surface area contributed by atoms with Crippen LogP contribution in [0.2, 0.25) is 0 Å². The first-order chi connectivity index (χ1) is 17.0. The summed E-state index contributed by atoms with van der Waals surface area (Å²) in [7, 11) is 3.34. The van der Waals surface area contributed by atoms with E-state index in [0.717, 1.165) is 18.4 Å². The van der Waals surface area contributed by atoms with Crippen LogP contribution in [0.1, 0.15) is 28.9 Å². The Bertz CT molecular complexity index is 1460. The quantitative estimate of drug-likeness (QED) is 0.368. The monoisotopic (exact) mass is 475 g/mol. The number of pyridine rings is 3. The number of rotatable bonds is 7. The third-order valence-electron chi connectivity index (χ3n) is 6.16. The van der Waals surface area contributed by atoms with E-state index >= 15 is 0 Å². The largest absolute Gasteiger partial charge is 0.385 e. The van der Waals surface area contributed by atoms with E-state index in [1.54, 1.807) is 44.8 Å². The minimum Gasteiger partial charge on any atom is -0.385 e. The van der Waals surface area contributed by atoms with Crippen molar-refractivity contribution in [1.29, 1.82) is 0 Å². The minimum atomic E-state index is -0.394. The topological polar surface area (TPSA) is 136 Å². The number of nitrogens with zero attached hydrogens (tertiary/aromatic N) is 4. The van der Waals surface area contributed by atoms with Crippen LogP contribution in [0.3, 0.4) is 0 Å². The summed E-state index contributed by atoms with van der Waals surface area (Å²) < 4.78 is 12.3. The van der Waals surface area contributed by atoms with Gasteiger partial charge in [-0.3, -0.25) is 14.2 Å². The molecule has 1 aliphatic rings. The van der Waals surface area contributed by atoms with Crippen molar-refractivity contribution >= 4 is 34.2 Å². The molecule has 35 heavy (non-hydrogen) atoms. The summed E-state index contributed by atoms with van der Waals surface area (Å²) in [6.45, 7) is 1.89. The van der Waals surface area contributed by atoms with Gasteiger partial charge in [-0.05, 0) is 43.5 Å². The Balaban J connectivity index is 1.49. The summed E-state index contributed by atoms with van der Waals surface area (Å²) in [5.41, 5.74) is 2.13. The number of carbonyl (C=O) groups excluding carboxylic acids is 1. The van der Waals surface area contributed by atoms with Crippen molar-refractivity contribution < 1.29 is 14.1 Å². The Morgan fingerprint density at radius 2 is 2.09 bits per heavy atom. The van der Waals surface area contributed by atoms with Crippen molar-refractivity contribution in [3.8, 4) is 5.82 Å². The first kappa shape index (κ1) is 22.5. The van der Waals surface area contributed by atoms with E-state index < -0.39 is 5.91 Å². The van der Waals surface area contributed by atoms with Gasteiger partial charge in [0.15, 0.2) is 5.69 Å². The van der Waals surface area contributed by atoms with Crippen LogP contribution in [0.15, 0.2) is 52.0 Å². The third-order valence-corrected chi connectivity index (χ3v) is 6.16. The van der Waals surface area contributed by atoms with Crippen LogP contribution in [0.25, 0.3) is 16.9 Å². The second-order valence-corrected chi connectivity index (χ2v) is 8.31. The number of methoxy groups -OCH3 is 1. The Hall–Kier alpha value is -4.25. The Morgan fingerprint density at radius 3 is 2.80 bits per heavy atom.